The van der Waals surface area contributed by atoms with Gasteiger partial charge in [0.05, 0.1) is 0 Å². The van der Waals surface area contributed by atoms with Crippen molar-refractivity contribution in [2.45, 2.75) is 33.4 Å². The Labute approximate surface area is 115 Å². The Hall–Kier alpha value is -1.80. The van der Waals surface area contributed by atoms with Crippen molar-refractivity contribution < 1.29 is 5.11 Å². The third-order valence-electron chi connectivity index (χ3n) is 3.49. The van der Waals surface area contributed by atoms with Crippen LogP contribution < -0.4 is 5.32 Å². The number of phenolic OH excluding ortho intramolecular Hbond substituents is 1. The maximum absolute atomic E-state index is 9.83. The molecule has 0 radical (unpaired) electrons. The molecular weight excluding hydrogens is 234 g/mol. The van der Waals surface area contributed by atoms with Crippen molar-refractivity contribution in [3.8, 4) is 5.75 Å². The fourth-order valence-electron chi connectivity index (χ4n) is 2.30. The average molecular weight is 255 g/mol. The van der Waals surface area contributed by atoms with Crippen LogP contribution in [0.15, 0.2) is 42.5 Å². The summed E-state index contributed by atoms with van der Waals surface area (Å²) in [6, 6.07) is 14.3. The minimum atomic E-state index is 0.265. The summed E-state index contributed by atoms with van der Waals surface area (Å²) in [6.45, 7) is 6.98. The minimum Gasteiger partial charge on any atom is -0.508 e. The Kier molecular flexibility index (Phi) is 4.23. The second-order valence-corrected chi connectivity index (χ2v) is 5.09. The first-order chi connectivity index (χ1) is 9.08. The van der Waals surface area contributed by atoms with Crippen LogP contribution in [0.4, 0.5) is 0 Å². The van der Waals surface area contributed by atoms with E-state index in [2.05, 4.69) is 43.4 Å². The summed E-state index contributed by atoms with van der Waals surface area (Å²) in [5.74, 6) is 0.357. The van der Waals surface area contributed by atoms with Crippen LogP contribution in [0.25, 0.3) is 0 Å². The van der Waals surface area contributed by atoms with Crippen LogP contribution in [0.5, 0.6) is 5.75 Å². The first-order valence-corrected chi connectivity index (χ1v) is 6.65. The van der Waals surface area contributed by atoms with Gasteiger partial charge < -0.3 is 10.4 Å². The molecule has 0 heterocycles. The van der Waals surface area contributed by atoms with E-state index in [4.69, 9.17) is 0 Å². The molecule has 0 aliphatic heterocycles. The molecule has 0 amide bonds. The number of rotatable bonds is 4. The Balaban J connectivity index is 2.06. The van der Waals surface area contributed by atoms with Gasteiger partial charge in [0.15, 0.2) is 0 Å². The number of benzene rings is 2. The molecule has 0 aromatic heterocycles. The van der Waals surface area contributed by atoms with Crippen LogP contribution >= 0.6 is 0 Å². The lowest BCUT2D eigenvalue weighted by Gasteiger charge is -2.17. The van der Waals surface area contributed by atoms with E-state index < -0.39 is 0 Å². The molecular formula is C17H21NO. The molecule has 1 unspecified atom stereocenters. The molecule has 0 spiro atoms. The predicted octanol–water partition coefficient (Wildman–Crippen LogP) is 3.86. The average Bonchev–Trinajstić information content (AvgIpc) is 2.40. The third-order valence-corrected chi connectivity index (χ3v) is 3.49. The molecule has 0 aliphatic rings. The van der Waals surface area contributed by atoms with Crippen molar-refractivity contribution in [3.63, 3.8) is 0 Å². The number of hydrogen-bond donors (Lipinski definition) is 2. The molecule has 2 N–H and O–H groups in total. The van der Waals surface area contributed by atoms with Crippen molar-refractivity contribution in [1.29, 1.82) is 0 Å². The highest BCUT2D eigenvalue weighted by molar-refractivity contribution is 5.36. The van der Waals surface area contributed by atoms with Crippen molar-refractivity contribution >= 4 is 0 Å². The lowest BCUT2D eigenvalue weighted by Crippen LogP contribution is -2.19. The zero-order chi connectivity index (χ0) is 13.8. The first kappa shape index (κ1) is 13.6. The zero-order valence-corrected chi connectivity index (χ0v) is 11.8. The van der Waals surface area contributed by atoms with Gasteiger partial charge in [0.2, 0.25) is 0 Å². The van der Waals surface area contributed by atoms with Gasteiger partial charge in [-0.25, -0.2) is 0 Å². The molecule has 2 nitrogen and oxygen atoms in total. The van der Waals surface area contributed by atoms with E-state index >= 15 is 0 Å². The summed E-state index contributed by atoms with van der Waals surface area (Å²) in [4.78, 5) is 0. The summed E-state index contributed by atoms with van der Waals surface area (Å²) in [5, 5.41) is 13.3. The Morgan fingerprint density at radius 3 is 2.58 bits per heavy atom. The first-order valence-electron chi connectivity index (χ1n) is 6.65. The van der Waals surface area contributed by atoms with Gasteiger partial charge >= 0.3 is 0 Å². The fourth-order valence-corrected chi connectivity index (χ4v) is 2.30. The zero-order valence-electron chi connectivity index (χ0n) is 11.8. The van der Waals surface area contributed by atoms with Gasteiger partial charge in [-0.15, -0.1) is 0 Å². The Morgan fingerprint density at radius 1 is 1.11 bits per heavy atom. The van der Waals surface area contributed by atoms with Crippen LogP contribution in [0.2, 0.25) is 0 Å². The van der Waals surface area contributed by atoms with Crippen LogP contribution in [0, 0.1) is 13.8 Å². The SMILES string of the molecule is Cc1ccc(O)c(CNC(C)c2ccccc2C)c1. The number of phenols is 1. The monoisotopic (exact) mass is 255 g/mol. The van der Waals surface area contributed by atoms with Crippen molar-refractivity contribution in [3.05, 3.63) is 64.7 Å². The van der Waals surface area contributed by atoms with E-state index in [1.165, 1.54) is 11.1 Å². The normalized spacial score (nSPS) is 12.4. The summed E-state index contributed by atoms with van der Waals surface area (Å²) in [6.07, 6.45) is 0. The molecule has 0 saturated heterocycles. The second-order valence-electron chi connectivity index (χ2n) is 5.09. The van der Waals surface area contributed by atoms with Gasteiger partial charge in [-0.1, -0.05) is 42.0 Å². The molecule has 0 fully saturated rings. The third kappa shape index (κ3) is 3.36. The molecule has 0 bridgehead atoms. The van der Waals surface area contributed by atoms with E-state index in [0.29, 0.717) is 12.3 Å². The van der Waals surface area contributed by atoms with Crippen LogP contribution in [0.1, 0.15) is 35.2 Å². The van der Waals surface area contributed by atoms with Gasteiger partial charge in [-0.3, -0.25) is 0 Å². The highest BCUT2D eigenvalue weighted by atomic mass is 16.3. The Morgan fingerprint density at radius 2 is 1.84 bits per heavy atom. The van der Waals surface area contributed by atoms with Crippen molar-refractivity contribution in [2.75, 3.05) is 0 Å². The van der Waals surface area contributed by atoms with Gasteiger partial charge in [0, 0.05) is 18.2 Å². The standard InChI is InChI=1S/C17H21NO/c1-12-8-9-17(19)15(10-12)11-18-14(3)16-7-5-4-6-13(16)2/h4-10,14,18-19H,11H2,1-3H3. The molecule has 100 valence electrons. The van der Waals surface area contributed by atoms with E-state index in [0.717, 1.165) is 11.1 Å². The van der Waals surface area contributed by atoms with Crippen molar-refractivity contribution in [1.82, 2.24) is 5.32 Å². The van der Waals surface area contributed by atoms with Gasteiger partial charge in [-0.05, 0) is 38.0 Å². The van der Waals surface area contributed by atoms with Crippen LogP contribution in [-0.2, 0) is 6.54 Å². The minimum absolute atomic E-state index is 0.265. The number of hydrogen-bond acceptors (Lipinski definition) is 2. The van der Waals surface area contributed by atoms with Crippen LogP contribution in [0.3, 0.4) is 0 Å². The molecule has 1 atom stereocenters. The molecule has 2 aromatic rings. The van der Waals surface area contributed by atoms with Gasteiger partial charge in [0.25, 0.3) is 0 Å². The maximum Gasteiger partial charge on any atom is 0.120 e. The van der Waals surface area contributed by atoms with E-state index in [1.54, 1.807) is 6.07 Å². The van der Waals surface area contributed by atoms with E-state index in [9.17, 15) is 5.11 Å². The molecule has 19 heavy (non-hydrogen) atoms. The second kappa shape index (κ2) is 5.89. The van der Waals surface area contributed by atoms with Crippen LogP contribution in [-0.4, -0.2) is 5.11 Å². The molecule has 2 aromatic carbocycles. The fraction of sp³-hybridized carbons (Fsp3) is 0.294. The molecule has 2 heteroatoms. The number of aromatic hydroxyl groups is 1. The predicted molar refractivity (Wildman–Crippen MR) is 79.3 cm³/mol. The van der Waals surface area contributed by atoms with Gasteiger partial charge in [-0.2, -0.15) is 0 Å². The summed E-state index contributed by atoms with van der Waals surface area (Å²) in [7, 11) is 0. The topological polar surface area (TPSA) is 32.3 Å². The lowest BCUT2D eigenvalue weighted by molar-refractivity contribution is 0.460. The molecule has 0 saturated carbocycles. The van der Waals surface area contributed by atoms with E-state index in [-0.39, 0.29) is 6.04 Å². The lowest BCUT2D eigenvalue weighted by atomic mass is 10.0. The molecule has 0 aliphatic carbocycles. The summed E-state index contributed by atoms with van der Waals surface area (Å²) >= 11 is 0. The maximum atomic E-state index is 9.83. The summed E-state index contributed by atoms with van der Waals surface area (Å²) in [5.41, 5.74) is 4.70. The highest BCUT2D eigenvalue weighted by Crippen LogP contribution is 2.21. The Bertz CT molecular complexity index is 563. The number of nitrogens with one attached hydrogen (secondary N) is 1. The largest absolute Gasteiger partial charge is 0.508 e. The quantitative estimate of drug-likeness (QED) is 0.869. The number of aryl methyl sites for hydroxylation is 2. The smallest absolute Gasteiger partial charge is 0.120 e. The summed E-state index contributed by atoms with van der Waals surface area (Å²) < 4.78 is 0. The highest BCUT2D eigenvalue weighted by Gasteiger charge is 2.08. The molecule has 2 rings (SSSR count). The van der Waals surface area contributed by atoms with E-state index in [1.807, 2.05) is 19.1 Å². The van der Waals surface area contributed by atoms with Crippen molar-refractivity contribution in [2.24, 2.45) is 0 Å². The van der Waals surface area contributed by atoms with Gasteiger partial charge in [0.1, 0.15) is 5.75 Å².